The Balaban J connectivity index is 1.42. The molecule has 3 aromatic heterocycles. The van der Waals surface area contributed by atoms with Gasteiger partial charge in [0.25, 0.3) is 0 Å². The van der Waals surface area contributed by atoms with Gasteiger partial charge in [-0.25, -0.2) is 19.9 Å². The number of imidazole rings is 1. The van der Waals surface area contributed by atoms with Crippen LogP contribution in [0.2, 0.25) is 0 Å². The second-order valence-electron chi connectivity index (χ2n) is 7.51. The largest absolute Gasteiger partial charge is 0.469 e. The predicted octanol–water partition coefficient (Wildman–Crippen LogP) is 2.68. The number of anilines is 1. The lowest BCUT2D eigenvalue weighted by atomic mass is 9.98. The summed E-state index contributed by atoms with van der Waals surface area (Å²) in [7, 11) is 1.44. The zero-order chi connectivity index (χ0) is 19.1. The van der Waals surface area contributed by atoms with E-state index in [9.17, 15) is 4.79 Å². The molecule has 1 saturated carbocycles. The average Bonchev–Trinajstić information content (AvgIpc) is 3.51. The fraction of sp³-hybridized carbons (Fsp3) is 0.450. The van der Waals surface area contributed by atoms with E-state index in [1.165, 1.54) is 7.11 Å². The summed E-state index contributed by atoms with van der Waals surface area (Å²) in [6, 6.07) is 5.83. The number of aromatic amines is 1. The highest BCUT2D eigenvalue weighted by Gasteiger charge is 2.28. The van der Waals surface area contributed by atoms with E-state index in [1.54, 1.807) is 6.20 Å². The summed E-state index contributed by atoms with van der Waals surface area (Å²) in [6.45, 7) is 1.50. The maximum absolute atomic E-state index is 11.9. The number of esters is 1. The van der Waals surface area contributed by atoms with E-state index in [0.29, 0.717) is 23.9 Å². The van der Waals surface area contributed by atoms with Crippen LogP contribution in [0, 0.1) is 5.92 Å². The number of pyridine rings is 1. The topological polar surface area (TPSA) is 96.9 Å². The van der Waals surface area contributed by atoms with Crippen LogP contribution in [0.5, 0.6) is 0 Å². The van der Waals surface area contributed by atoms with E-state index in [-0.39, 0.29) is 11.9 Å². The first-order valence-electron chi connectivity index (χ1n) is 9.74. The number of H-pyrrole nitrogens is 1. The molecule has 0 bridgehead atoms. The third kappa shape index (κ3) is 3.19. The van der Waals surface area contributed by atoms with Gasteiger partial charge in [0, 0.05) is 25.2 Å². The van der Waals surface area contributed by atoms with Gasteiger partial charge in [0.15, 0.2) is 11.5 Å². The molecule has 1 aliphatic carbocycles. The fourth-order valence-electron chi connectivity index (χ4n) is 3.77. The van der Waals surface area contributed by atoms with Crippen LogP contribution in [-0.2, 0) is 9.53 Å². The third-order valence-electron chi connectivity index (χ3n) is 5.47. The van der Waals surface area contributed by atoms with E-state index in [4.69, 9.17) is 9.72 Å². The summed E-state index contributed by atoms with van der Waals surface area (Å²) in [4.78, 5) is 35.7. The molecule has 0 spiro atoms. The van der Waals surface area contributed by atoms with Gasteiger partial charge in [-0.1, -0.05) is 0 Å². The first-order valence-corrected chi connectivity index (χ1v) is 9.74. The lowest BCUT2D eigenvalue weighted by Gasteiger charge is -2.32. The summed E-state index contributed by atoms with van der Waals surface area (Å²) >= 11 is 0. The number of aromatic nitrogens is 5. The molecule has 2 aliphatic rings. The van der Waals surface area contributed by atoms with Gasteiger partial charge >= 0.3 is 5.97 Å². The molecule has 5 rings (SSSR count). The SMILES string of the molecule is COC(=O)C1CCCN(c2ccc3[nH]c(-c4ccnc(C5CC5)n4)nc3n2)C1. The summed E-state index contributed by atoms with van der Waals surface area (Å²) in [5, 5.41) is 0. The number of hydrogen-bond acceptors (Lipinski definition) is 7. The molecule has 0 radical (unpaired) electrons. The highest BCUT2D eigenvalue weighted by molar-refractivity contribution is 5.77. The van der Waals surface area contributed by atoms with Crippen molar-refractivity contribution in [1.82, 2.24) is 24.9 Å². The molecule has 0 aromatic carbocycles. The number of hydrogen-bond donors (Lipinski definition) is 1. The van der Waals surface area contributed by atoms with E-state index < -0.39 is 0 Å². The van der Waals surface area contributed by atoms with Crippen molar-refractivity contribution in [2.24, 2.45) is 5.92 Å². The van der Waals surface area contributed by atoms with Crippen molar-refractivity contribution in [3.63, 3.8) is 0 Å². The second kappa shape index (κ2) is 6.85. The maximum atomic E-state index is 11.9. The van der Waals surface area contributed by atoms with E-state index in [1.807, 2.05) is 18.2 Å². The predicted molar refractivity (Wildman–Crippen MR) is 104 cm³/mol. The monoisotopic (exact) mass is 378 g/mol. The molecule has 2 fully saturated rings. The Hall–Kier alpha value is -3.03. The molecule has 4 heterocycles. The molecule has 3 aromatic rings. The normalized spacial score (nSPS) is 19.8. The zero-order valence-corrected chi connectivity index (χ0v) is 15.8. The molecule has 28 heavy (non-hydrogen) atoms. The van der Waals surface area contributed by atoms with Gasteiger partial charge in [-0.15, -0.1) is 0 Å². The number of ether oxygens (including phenoxy) is 1. The molecular formula is C20H22N6O2. The minimum absolute atomic E-state index is 0.104. The average molecular weight is 378 g/mol. The van der Waals surface area contributed by atoms with Crippen LogP contribution in [0.25, 0.3) is 22.7 Å². The first-order chi connectivity index (χ1) is 13.7. The van der Waals surface area contributed by atoms with Crippen LogP contribution in [0.1, 0.15) is 37.4 Å². The Morgan fingerprint density at radius 2 is 2.07 bits per heavy atom. The number of nitrogens with one attached hydrogen (secondary N) is 1. The lowest BCUT2D eigenvalue weighted by molar-refractivity contribution is -0.145. The molecular weight excluding hydrogens is 356 g/mol. The summed E-state index contributed by atoms with van der Waals surface area (Å²) < 4.78 is 4.91. The Morgan fingerprint density at radius 3 is 2.89 bits per heavy atom. The van der Waals surface area contributed by atoms with E-state index >= 15 is 0 Å². The summed E-state index contributed by atoms with van der Waals surface area (Å²) in [6.07, 6.45) is 5.92. The van der Waals surface area contributed by atoms with Crippen molar-refractivity contribution in [1.29, 1.82) is 0 Å². The van der Waals surface area contributed by atoms with Gasteiger partial charge < -0.3 is 14.6 Å². The molecule has 1 unspecified atom stereocenters. The number of carbonyl (C=O) groups excluding carboxylic acids is 1. The molecule has 144 valence electrons. The number of rotatable bonds is 4. The van der Waals surface area contributed by atoms with Crippen LogP contribution in [0.15, 0.2) is 24.4 Å². The van der Waals surface area contributed by atoms with Gasteiger partial charge in [0.2, 0.25) is 0 Å². The highest BCUT2D eigenvalue weighted by atomic mass is 16.5. The minimum atomic E-state index is -0.150. The van der Waals surface area contributed by atoms with Crippen molar-refractivity contribution in [2.75, 3.05) is 25.1 Å². The molecule has 0 amide bonds. The number of carbonyl (C=O) groups is 1. The van der Waals surface area contributed by atoms with Gasteiger partial charge in [-0.3, -0.25) is 4.79 Å². The smallest absolute Gasteiger partial charge is 0.310 e. The molecule has 1 saturated heterocycles. The lowest BCUT2D eigenvalue weighted by Crippen LogP contribution is -2.39. The Morgan fingerprint density at radius 1 is 1.18 bits per heavy atom. The van der Waals surface area contributed by atoms with E-state index in [2.05, 4.69) is 24.8 Å². The van der Waals surface area contributed by atoms with Crippen LogP contribution >= 0.6 is 0 Å². The fourth-order valence-corrected chi connectivity index (χ4v) is 3.77. The van der Waals surface area contributed by atoms with Gasteiger partial charge in [-0.05, 0) is 43.9 Å². The Labute approximate surface area is 162 Å². The van der Waals surface area contributed by atoms with Crippen molar-refractivity contribution in [3.8, 4) is 11.5 Å². The Kier molecular flexibility index (Phi) is 4.18. The quantitative estimate of drug-likeness (QED) is 0.697. The molecule has 8 nitrogen and oxygen atoms in total. The van der Waals surface area contributed by atoms with Crippen molar-refractivity contribution in [2.45, 2.75) is 31.6 Å². The van der Waals surface area contributed by atoms with Crippen LogP contribution in [0.4, 0.5) is 5.82 Å². The van der Waals surface area contributed by atoms with Crippen LogP contribution in [0.3, 0.4) is 0 Å². The second-order valence-corrected chi connectivity index (χ2v) is 7.51. The zero-order valence-electron chi connectivity index (χ0n) is 15.8. The Bertz CT molecular complexity index is 1030. The first kappa shape index (κ1) is 17.1. The number of piperidine rings is 1. The molecule has 8 heteroatoms. The molecule has 1 N–H and O–H groups in total. The third-order valence-corrected chi connectivity index (χ3v) is 5.47. The number of methoxy groups -OCH3 is 1. The van der Waals surface area contributed by atoms with Crippen molar-refractivity contribution >= 4 is 23.0 Å². The van der Waals surface area contributed by atoms with Gasteiger partial charge in [0.1, 0.15) is 17.3 Å². The van der Waals surface area contributed by atoms with Crippen LogP contribution < -0.4 is 4.90 Å². The number of fused-ring (bicyclic) bond motifs is 1. The van der Waals surface area contributed by atoms with Crippen LogP contribution in [-0.4, -0.2) is 51.1 Å². The highest BCUT2D eigenvalue weighted by Crippen LogP contribution is 2.38. The number of nitrogens with zero attached hydrogens (tertiary/aromatic N) is 5. The van der Waals surface area contributed by atoms with Crippen molar-refractivity contribution < 1.29 is 9.53 Å². The molecule has 1 aliphatic heterocycles. The van der Waals surface area contributed by atoms with Gasteiger partial charge in [-0.2, -0.15) is 0 Å². The molecule has 1 atom stereocenters. The summed E-state index contributed by atoms with van der Waals surface area (Å²) in [5.74, 6) is 2.68. The summed E-state index contributed by atoms with van der Waals surface area (Å²) in [5.41, 5.74) is 2.31. The standard InChI is InChI=1S/C20H22N6O2/c1-28-20(27)13-3-2-10-26(11-13)16-7-6-14-19(24-16)25-18(23-14)15-8-9-21-17(22-15)12-4-5-12/h6-9,12-13H,2-5,10-11H2,1H3,(H,23,24,25). The van der Waals surface area contributed by atoms with Crippen molar-refractivity contribution in [3.05, 3.63) is 30.2 Å². The maximum Gasteiger partial charge on any atom is 0.310 e. The van der Waals surface area contributed by atoms with Gasteiger partial charge in [0.05, 0.1) is 18.5 Å². The van der Waals surface area contributed by atoms with E-state index in [0.717, 1.165) is 55.1 Å². The minimum Gasteiger partial charge on any atom is -0.469 e.